The number of likely N-dealkylation sites (tertiary alicyclic amines) is 1. The number of nitrogens with two attached hydrogens (primary N) is 1. The van der Waals surface area contributed by atoms with Crippen LogP contribution in [0.3, 0.4) is 0 Å². The van der Waals surface area contributed by atoms with Crippen molar-refractivity contribution in [2.45, 2.75) is 12.8 Å². The maximum Gasteiger partial charge on any atom is 0.339 e. The number of carbonyl (C=O) groups is 3. The van der Waals surface area contributed by atoms with Crippen LogP contribution < -0.4 is 10.5 Å². The highest BCUT2D eigenvalue weighted by Gasteiger charge is 2.27. The molecule has 0 radical (unpaired) electrons. The van der Waals surface area contributed by atoms with Gasteiger partial charge in [-0.3, -0.25) is 9.59 Å². The van der Waals surface area contributed by atoms with E-state index in [0.29, 0.717) is 41.8 Å². The Morgan fingerprint density at radius 1 is 1.10 bits per heavy atom. The molecule has 0 saturated carbocycles. The highest BCUT2D eigenvalue weighted by molar-refractivity contribution is 6.22. The number of methoxy groups -OCH3 is 1. The zero-order valence-electron chi connectivity index (χ0n) is 17.5. The molecular formula is C24H26N2O5. The minimum absolute atomic E-state index is 0.258. The fraction of sp³-hybridized carbons (Fsp3) is 0.292. The number of hydrogen-bond acceptors (Lipinski definition) is 5. The van der Waals surface area contributed by atoms with Gasteiger partial charge in [-0.25, -0.2) is 4.79 Å². The van der Waals surface area contributed by atoms with Crippen LogP contribution in [-0.2, 0) is 19.1 Å². The van der Waals surface area contributed by atoms with Crippen molar-refractivity contribution in [2.75, 3.05) is 26.8 Å². The summed E-state index contributed by atoms with van der Waals surface area (Å²) < 4.78 is 10.7. The van der Waals surface area contributed by atoms with Crippen molar-refractivity contribution in [3.63, 3.8) is 0 Å². The summed E-state index contributed by atoms with van der Waals surface area (Å²) in [4.78, 5) is 38.4. The minimum atomic E-state index is -0.617. The van der Waals surface area contributed by atoms with Crippen LogP contribution in [0.1, 0.15) is 24.0 Å². The van der Waals surface area contributed by atoms with Crippen molar-refractivity contribution < 1.29 is 23.9 Å². The van der Waals surface area contributed by atoms with Crippen LogP contribution in [0.2, 0.25) is 0 Å². The lowest BCUT2D eigenvalue weighted by Gasteiger charge is -2.31. The molecule has 3 rings (SSSR count). The van der Waals surface area contributed by atoms with Crippen LogP contribution in [0.5, 0.6) is 5.75 Å². The van der Waals surface area contributed by atoms with Crippen LogP contribution in [0.4, 0.5) is 0 Å². The minimum Gasteiger partial charge on any atom is -0.496 e. The first-order chi connectivity index (χ1) is 15.0. The third-order valence-corrected chi connectivity index (χ3v) is 5.25. The van der Waals surface area contributed by atoms with E-state index in [1.165, 1.54) is 4.90 Å². The first-order valence-corrected chi connectivity index (χ1v) is 10.1. The second kappa shape index (κ2) is 10.4. The number of nitrogens with zero attached hydrogens (tertiary/aromatic N) is 1. The van der Waals surface area contributed by atoms with Gasteiger partial charge in [0.15, 0.2) is 6.61 Å². The molecule has 0 aromatic heterocycles. The largest absolute Gasteiger partial charge is 0.496 e. The molecule has 1 aliphatic rings. The second-order valence-electron chi connectivity index (χ2n) is 7.32. The van der Waals surface area contributed by atoms with E-state index in [0.717, 1.165) is 0 Å². The maximum atomic E-state index is 12.9. The average Bonchev–Trinajstić information content (AvgIpc) is 2.81. The molecule has 0 unspecified atom stereocenters. The van der Waals surface area contributed by atoms with E-state index in [9.17, 15) is 14.4 Å². The lowest BCUT2D eigenvalue weighted by atomic mass is 9.97. The Balaban J connectivity index is 1.76. The molecule has 7 nitrogen and oxygen atoms in total. The van der Waals surface area contributed by atoms with Gasteiger partial charge in [0, 0.05) is 18.7 Å². The molecular weight excluding hydrogens is 396 g/mol. The number of esters is 1. The highest BCUT2D eigenvalue weighted by Crippen LogP contribution is 2.25. The molecule has 0 spiro atoms. The number of benzene rings is 2. The van der Waals surface area contributed by atoms with Gasteiger partial charge in [-0.2, -0.15) is 0 Å². The summed E-state index contributed by atoms with van der Waals surface area (Å²) in [5.41, 5.74) is 7.06. The molecule has 0 bridgehead atoms. The van der Waals surface area contributed by atoms with Gasteiger partial charge >= 0.3 is 5.97 Å². The lowest BCUT2D eigenvalue weighted by Crippen LogP contribution is -2.45. The Bertz CT molecular complexity index is 971. The van der Waals surface area contributed by atoms with Gasteiger partial charge in [0.2, 0.25) is 5.91 Å². The zero-order chi connectivity index (χ0) is 22.2. The third-order valence-electron chi connectivity index (χ3n) is 5.25. The molecule has 2 aromatic rings. The fourth-order valence-electron chi connectivity index (χ4n) is 3.55. The Hall–Kier alpha value is -3.61. The van der Waals surface area contributed by atoms with Crippen LogP contribution in [0.15, 0.2) is 54.6 Å². The van der Waals surface area contributed by atoms with Gasteiger partial charge in [0.05, 0.1) is 18.6 Å². The molecule has 0 aliphatic carbocycles. The predicted octanol–water partition coefficient (Wildman–Crippen LogP) is 2.50. The molecule has 1 atom stereocenters. The predicted molar refractivity (Wildman–Crippen MR) is 117 cm³/mol. The van der Waals surface area contributed by atoms with E-state index in [2.05, 4.69) is 0 Å². The molecule has 1 aliphatic heterocycles. The number of para-hydroxylation sites is 1. The summed E-state index contributed by atoms with van der Waals surface area (Å²) in [5, 5.41) is 0. The van der Waals surface area contributed by atoms with Gasteiger partial charge in [-0.05, 0) is 30.5 Å². The summed E-state index contributed by atoms with van der Waals surface area (Å²) in [6.45, 7) is 0.373. The van der Waals surface area contributed by atoms with Gasteiger partial charge in [-0.15, -0.1) is 0 Å². The van der Waals surface area contributed by atoms with E-state index in [-0.39, 0.29) is 18.4 Å². The number of amides is 2. The monoisotopic (exact) mass is 422 g/mol. The number of piperidine rings is 1. The van der Waals surface area contributed by atoms with E-state index >= 15 is 0 Å². The summed E-state index contributed by atoms with van der Waals surface area (Å²) >= 11 is 0. The SMILES string of the molecule is COc1ccccc1/C=C(/C(=O)OCC(=O)N1CCC[C@@H](C(N)=O)C1)c1ccccc1. The summed E-state index contributed by atoms with van der Waals surface area (Å²) in [6, 6.07) is 16.4. The molecule has 7 heteroatoms. The fourth-order valence-corrected chi connectivity index (χ4v) is 3.55. The average molecular weight is 422 g/mol. The molecule has 2 N–H and O–H groups in total. The summed E-state index contributed by atoms with van der Waals surface area (Å²) in [7, 11) is 1.56. The Morgan fingerprint density at radius 2 is 1.81 bits per heavy atom. The van der Waals surface area contributed by atoms with Crippen LogP contribution >= 0.6 is 0 Å². The third kappa shape index (κ3) is 5.72. The van der Waals surface area contributed by atoms with Crippen LogP contribution in [0, 0.1) is 5.92 Å². The molecule has 1 fully saturated rings. The number of rotatable bonds is 7. The highest BCUT2D eigenvalue weighted by atomic mass is 16.5. The standard InChI is InChI=1S/C24H26N2O5/c1-30-21-12-6-5-10-18(21)14-20(17-8-3-2-4-9-17)24(29)31-16-22(27)26-13-7-11-19(15-26)23(25)28/h2-6,8-10,12,14,19H,7,11,13,15-16H2,1H3,(H2,25,28)/b20-14+/t19-/m1/s1. The van der Waals surface area contributed by atoms with Crippen molar-refractivity contribution in [2.24, 2.45) is 11.7 Å². The van der Waals surface area contributed by atoms with Crippen molar-refractivity contribution in [3.8, 4) is 5.75 Å². The smallest absolute Gasteiger partial charge is 0.339 e. The first-order valence-electron chi connectivity index (χ1n) is 10.1. The van der Waals surface area contributed by atoms with Gasteiger partial charge in [0.1, 0.15) is 5.75 Å². The maximum absolute atomic E-state index is 12.9. The van der Waals surface area contributed by atoms with Crippen LogP contribution in [0.25, 0.3) is 11.6 Å². The van der Waals surface area contributed by atoms with E-state index < -0.39 is 18.5 Å². The van der Waals surface area contributed by atoms with Crippen molar-refractivity contribution in [1.82, 2.24) is 4.90 Å². The Kier molecular flexibility index (Phi) is 7.43. The van der Waals surface area contributed by atoms with E-state index in [1.54, 1.807) is 31.4 Å². The Labute approximate surface area is 181 Å². The quantitative estimate of drug-likeness (QED) is 0.420. The van der Waals surface area contributed by atoms with E-state index in [1.807, 2.05) is 36.4 Å². The molecule has 1 saturated heterocycles. The van der Waals surface area contributed by atoms with Crippen molar-refractivity contribution in [3.05, 3.63) is 65.7 Å². The number of primary amides is 1. The number of ether oxygens (including phenoxy) is 2. The normalized spacial score (nSPS) is 16.5. The molecule has 162 valence electrons. The molecule has 1 heterocycles. The van der Waals surface area contributed by atoms with Gasteiger partial charge in [-0.1, -0.05) is 48.5 Å². The van der Waals surface area contributed by atoms with Gasteiger partial charge < -0.3 is 20.1 Å². The van der Waals surface area contributed by atoms with Gasteiger partial charge in [0.25, 0.3) is 5.91 Å². The first kappa shape index (κ1) is 22.1. The summed E-state index contributed by atoms with van der Waals surface area (Å²) in [5.74, 6) is -1.12. The van der Waals surface area contributed by atoms with Crippen molar-refractivity contribution in [1.29, 1.82) is 0 Å². The van der Waals surface area contributed by atoms with Crippen LogP contribution in [-0.4, -0.2) is 49.5 Å². The number of carbonyl (C=O) groups excluding carboxylic acids is 3. The number of hydrogen-bond donors (Lipinski definition) is 1. The zero-order valence-corrected chi connectivity index (χ0v) is 17.5. The Morgan fingerprint density at radius 3 is 2.52 bits per heavy atom. The second-order valence-corrected chi connectivity index (χ2v) is 7.32. The van der Waals surface area contributed by atoms with E-state index in [4.69, 9.17) is 15.2 Å². The van der Waals surface area contributed by atoms with Crippen molar-refractivity contribution >= 4 is 29.4 Å². The molecule has 2 amide bonds. The summed E-state index contributed by atoms with van der Waals surface area (Å²) in [6.07, 6.45) is 3.04. The topological polar surface area (TPSA) is 98.9 Å². The lowest BCUT2D eigenvalue weighted by molar-refractivity contribution is -0.149. The molecule has 2 aromatic carbocycles. The molecule has 31 heavy (non-hydrogen) atoms.